The van der Waals surface area contributed by atoms with Crippen LogP contribution in [0, 0.1) is 17.1 Å². The van der Waals surface area contributed by atoms with Crippen molar-refractivity contribution in [3.05, 3.63) is 66.4 Å². The van der Waals surface area contributed by atoms with E-state index in [4.69, 9.17) is 19.8 Å². The molecule has 0 saturated heterocycles. The number of alkyl halides is 6. The molecule has 1 aliphatic rings. The SMILES string of the molecule is N#Cc1cccc(F)c1-c1nc2c([nH]1)-c1ccncc1Nc1ncccc1-2.O=C(O)C(F)(F)F.O=C(O)C(F)(F)F. The van der Waals surface area contributed by atoms with Crippen LogP contribution in [0.2, 0.25) is 0 Å². The summed E-state index contributed by atoms with van der Waals surface area (Å²) in [6.07, 6.45) is -5.10. The number of benzene rings is 1. The number of fused-ring (bicyclic) bond motifs is 5. The van der Waals surface area contributed by atoms with Crippen molar-refractivity contribution in [2.24, 2.45) is 0 Å². The van der Waals surface area contributed by atoms with Gasteiger partial charge in [-0.05, 0) is 30.3 Å². The van der Waals surface area contributed by atoms with Gasteiger partial charge in [0.2, 0.25) is 0 Å². The highest BCUT2D eigenvalue weighted by Crippen LogP contribution is 2.43. The predicted molar refractivity (Wildman–Crippen MR) is 126 cm³/mol. The van der Waals surface area contributed by atoms with Crippen molar-refractivity contribution >= 4 is 23.4 Å². The van der Waals surface area contributed by atoms with Gasteiger partial charge in [-0.2, -0.15) is 31.6 Å². The Morgan fingerprint density at radius 3 is 2.12 bits per heavy atom. The molecule has 4 N–H and O–H groups in total. The van der Waals surface area contributed by atoms with Gasteiger partial charge in [0.1, 0.15) is 23.2 Å². The van der Waals surface area contributed by atoms with Crippen LogP contribution in [0.5, 0.6) is 0 Å². The molecule has 0 spiro atoms. The van der Waals surface area contributed by atoms with Crippen LogP contribution in [0.4, 0.5) is 42.2 Å². The quantitative estimate of drug-likeness (QED) is 0.186. The number of carboxylic acids is 2. The first-order valence-electron chi connectivity index (χ1n) is 10.7. The lowest BCUT2D eigenvalue weighted by atomic mass is 10.1. The third kappa shape index (κ3) is 6.92. The fraction of sp³-hybridized carbons (Fsp3) is 0.0833. The van der Waals surface area contributed by atoms with Crippen LogP contribution in [0.15, 0.2) is 55.0 Å². The van der Waals surface area contributed by atoms with Gasteiger partial charge in [-0.25, -0.2) is 23.9 Å². The van der Waals surface area contributed by atoms with E-state index in [9.17, 15) is 36.0 Å². The zero-order chi connectivity index (χ0) is 30.5. The van der Waals surface area contributed by atoms with Gasteiger partial charge >= 0.3 is 24.3 Å². The molecule has 0 aliphatic carbocycles. The van der Waals surface area contributed by atoms with Gasteiger partial charge in [0, 0.05) is 23.5 Å². The van der Waals surface area contributed by atoms with E-state index in [-0.39, 0.29) is 11.1 Å². The molecule has 212 valence electrons. The summed E-state index contributed by atoms with van der Waals surface area (Å²) < 4.78 is 78.0. The molecule has 0 atom stereocenters. The first-order valence-corrected chi connectivity index (χ1v) is 10.7. The van der Waals surface area contributed by atoms with Crippen LogP contribution in [0.1, 0.15) is 5.56 Å². The number of rotatable bonds is 1. The van der Waals surface area contributed by atoms with Gasteiger partial charge in [0.25, 0.3) is 0 Å². The molecule has 0 bridgehead atoms. The van der Waals surface area contributed by atoms with E-state index >= 15 is 0 Å². The van der Waals surface area contributed by atoms with Crippen LogP contribution < -0.4 is 5.32 Å². The monoisotopic (exact) mass is 582 g/mol. The van der Waals surface area contributed by atoms with Gasteiger partial charge in [-0.1, -0.05) is 6.07 Å². The van der Waals surface area contributed by atoms with Crippen molar-refractivity contribution in [1.29, 1.82) is 5.26 Å². The standard InChI is InChI=1S/C20H11FN6.2C2HF3O2/c21-14-5-1-3-11(9-22)16(14)20-26-17-12-6-8-23-10-15(12)25-19-13(18(17)27-20)4-2-7-24-19;2*3-2(4,5)1(6)7/h1-8,10H,(H,24,25)(H,26,27);2*(H,6,7). The maximum Gasteiger partial charge on any atom is 0.490 e. The molecule has 0 saturated carbocycles. The molecule has 1 aromatic carbocycles. The molecule has 0 amide bonds. The summed E-state index contributed by atoms with van der Waals surface area (Å²) in [6, 6.07) is 12.0. The number of hydrogen-bond acceptors (Lipinski definition) is 7. The number of nitrogens with one attached hydrogen (secondary N) is 2. The summed E-state index contributed by atoms with van der Waals surface area (Å²) in [5, 5.41) is 26.9. The van der Waals surface area contributed by atoms with Crippen LogP contribution in [0.25, 0.3) is 33.9 Å². The molecule has 5 rings (SSSR count). The third-order valence-corrected chi connectivity index (χ3v) is 4.97. The number of carbonyl (C=O) groups is 2. The summed E-state index contributed by atoms with van der Waals surface area (Å²) in [5.41, 5.74) is 4.11. The fourth-order valence-electron chi connectivity index (χ4n) is 3.28. The Balaban J connectivity index is 0.000000276. The zero-order valence-electron chi connectivity index (χ0n) is 19.8. The minimum Gasteiger partial charge on any atom is -0.475 e. The molecule has 10 nitrogen and oxygen atoms in total. The number of anilines is 2. The maximum atomic E-state index is 14.5. The smallest absolute Gasteiger partial charge is 0.475 e. The highest BCUT2D eigenvalue weighted by Gasteiger charge is 2.39. The minimum atomic E-state index is -5.08. The van der Waals surface area contributed by atoms with E-state index in [0.717, 1.165) is 16.8 Å². The third-order valence-electron chi connectivity index (χ3n) is 4.97. The van der Waals surface area contributed by atoms with E-state index in [1.165, 1.54) is 12.1 Å². The molecule has 4 aromatic rings. The van der Waals surface area contributed by atoms with Gasteiger partial charge in [-0.15, -0.1) is 0 Å². The second kappa shape index (κ2) is 11.7. The van der Waals surface area contributed by atoms with Crippen molar-refractivity contribution < 1.29 is 50.5 Å². The first-order chi connectivity index (χ1) is 19.1. The molecule has 1 aliphatic heterocycles. The second-order valence-corrected chi connectivity index (χ2v) is 7.63. The molecule has 0 fully saturated rings. The molecule has 17 heteroatoms. The summed E-state index contributed by atoms with van der Waals surface area (Å²) >= 11 is 0. The molecule has 3 aromatic heterocycles. The number of carboxylic acid groups (broad SMARTS) is 2. The topological polar surface area (TPSA) is 165 Å². The Hall–Kier alpha value is -5.53. The van der Waals surface area contributed by atoms with Crippen LogP contribution in [-0.2, 0) is 9.59 Å². The number of aromatic amines is 1. The lowest BCUT2D eigenvalue weighted by molar-refractivity contribution is -0.193. The average Bonchev–Trinajstić information content (AvgIpc) is 3.28. The maximum absolute atomic E-state index is 14.5. The predicted octanol–water partition coefficient (Wildman–Crippen LogP) is 5.54. The number of pyridine rings is 2. The lowest BCUT2D eigenvalue weighted by Crippen LogP contribution is -2.21. The highest BCUT2D eigenvalue weighted by molar-refractivity contribution is 5.95. The van der Waals surface area contributed by atoms with Crippen molar-refractivity contribution in [2.45, 2.75) is 12.4 Å². The van der Waals surface area contributed by atoms with Crippen LogP contribution in [0.3, 0.4) is 0 Å². The second-order valence-electron chi connectivity index (χ2n) is 7.63. The number of halogens is 7. The largest absolute Gasteiger partial charge is 0.490 e. The van der Waals surface area contributed by atoms with E-state index in [1.807, 2.05) is 24.3 Å². The minimum absolute atomic E-state index is 0.155. The first kappa shape index (κ1) is 30.0. The van der Waals surface area contributed by atoms with Crippen molar-refractivity contribution in [3.63, 3.8) is 0 Å². The van der Waals surface area contributed by atoms with E-state index in [0.29, 0.717) is 23.0 Å². The molecular weight excluding hydrogens is 569 g/mol. The number of H-pyrrole nitrogens is 1. The molecule has 4 heterocycles. The van der Waals surface area contributed by atoms with Gasteiger partial charge in [0.05, 0.1) is 34.8 Å². The van der Waals surface area contributed by atoms with Crippen molar-refractivity contribution in [2.75, 3.05) is 5.32 Å². The lowest BCUT2D eigenvalue weighted by Gasteiger charge is -2.08. The zero-order valence-corrected chi connectivity index (χ0v) is 19.8. The van der Waals surface area contributed by atoms with E-state index in [2.05, 4.69) is 25.3 Å². The molecule has 0 radical (unpaired) electrons. The summed E-state index contributed by atoms with van der Waals surface area (Å²) in [4.78, 5) is 34.2. The molecule has 41 heavy (non-hydrogen) atoms. The number of aliphatic carboxylic acids is 2. The van der Waals surface area contributed by atoms with Crippen molar-refractivity contribution in [3.8, 4) is 40.0 Å². The summed E-state index contributed by atoms with van der Waals surface area (Å²) in [6.45, 7) is 0. The van der Waals surface area contributed by atoms with E-state index < -0.39 is 30.1 Å². The molecular formula is C24H13F7N6O4. The summed E-state index contributed by atoms with van der Waals surface area (Å²) in [7, 11) is 0. The Morgan fingerprint density at radius 2 is 1.54 bits per heavy atom. The van der Waals surface area contributed by atoms with E-state index in [1.54, 1.807) is 24.7 Å². The number of hydrogen-bond donors (Lipinski definition) is 4. The average molecular weight is 582 g/mol. The Morgan fingerprint density at radius 1 is 0.902 bits per heavy atom. The summed E-state index contributed by atoms with van der Waals surface area (Å²) in [5.74, 6) is -5.08. The normalized spacial score (nSPS) is 11.4. The fourth-order valence-corrected chi connectivity index (χ4v) is 3.28. The Labute approximate surface area is 223 Å². The number of imidazole rings is 1. The Bertz CT molecular complexity index is 1560. The Kier molecular flexibility index (Phi) is 8.56. The number of nitrogens with zero attached hydrogens (tertiary/aromatic N) is 4. The van der Waals surface area contributed by atoms with Crippen LogP contribution in [-0.4, -0.2) is 54.4 Å². The number of aromatic nitrogens is 4. The van der Waals surface area contributed by atoms with Crippen molar-refractivity contribution in [1.82, 2.24) is 19.9 Å². The highest BCUT2D eigenvalue weighted by atomic mass is 19.4. The van der Waals surface area contributed by atoms with Crippen LogP contribution >= 0.6 is 0 Å². The van der Waals surface area contributed by atoms with Gasteiger partial charge in [-0.3, -0.25) is 4.98 Å². The van der Waals surface area contributed by atoms with Gasteiger partial charge in [0.15, 0.2) is 0 Å². The number of nitriles is 1. The van der Waals surface area contributed by atoms with Gasteiger partial charge < -0.3 is 20.5 Å². The molecule has 0 unspecified atom stereocenters.